The molecule has 0 atom stereocenters. The molecule has 1 aromatic heterocycles. The van der Waals surface area contributed by atoms with E-state index in [0.717, 1.165) is 5.56 Å². The Hall–Kier alpha value is -2.08. The SMILES string of the molecule is Cc1ccccc1C=Cc1nc(SCC(=O)NC(C)C)n[nH]1. The molecule has 1 aromatic carbocycles. The average molecular weight is 316 g/mol. The summed E-state index contributed by atoms with van der Waals surface area (Å²) < 4.78 is 0. The van der Waals surface area contributed by atoms with Crippen LogP contribution in [0.1, 0.15) is 30.8 Å². The van der Waals surface area contributed by atoms with Gasteiger partial charge in [-0.1, -0.05) is 42.1 Å². The van der Waals surface area contributed by atoms with Crippen LogP contribution in [0.15, 0.2) is 29.4 Å². The number of nitrogens with one attached hydrogen (secondary N) is 2. The van der Waals surface area contributed by atoms with Crippen LogP contribution < -0.4 is 5.32 Å². The third kappa shape index (κ3) is 5.04. The molecule has 0 bridgehead atoms. The van der Waals surface area contributed by atoms with Crippen molar-refractivity contribution in [3.8, 4) is 0 Å². The first-order valence-corrected chi connectivity index (χ1v) is 8.11. The summed E-state index contributed by atoms with van der Waals surface area (Å²) in [6.45, 7) is 5.93. The standard InChI is InChI=1S/C16H20N4OS/c1-11(2)17-15(21)10-22-16-18-14(19-20-16)9-8-13-7-5-4-6-12(13)3/h4-9,11H,10H2,1-3H3,(H,17,21)(H,18,19,20). The van der Waals surface area contributed by atoms with Crippen molar-refractivity contribution < 1.29 is 4.79 Å². The summed E-state index contributed by atoms with van der Waals surface area (Å²) in [6, 6.07) is 8.27. The number of benzene rings is 1. The first kappa shape index (κ1) is 16.3. The molecular formula is C16H20N4OS. The highest BCUT2D eigenvalue weighted by atomic mass is 32.2. The zero-order chi connectivity index (χ0) is 15.9. The lowest BCUT2D eigenvalue weighted by Crippen LogP contribution is -2.31. The summed E-state index contributed by atoms with van der Waals surface area (Å²) in [5, 5.41) is 10.4. The molecule has 2 aromatic rings. The van der Waals surface area contributed by atoms with Gasteiger partial charge in [-0.15, -0.1) is 5.10 Å². The lowest BCUT2D eigenvalue weighted by molar-refractivity contribution is -0.119. The van der Waals surface area contributed by atoms with Crippen LogP contribution in [0.25, 0.3) is 12.2 Å². The van der Waals surface area contributed by atoms with E-state index in [1.165, 1.54) is 17.3 Å². The summed E-state index contributed by atoms with van der Waals surface area (Å²) in [6.07, 6.45) is 3.88. The van der Waals surface area contributed by atoms with Gasteiger partial charge >= 0.3 is 0 Å². The van der Waals surface area contributed by atoms with E-state index in [1.54, 1.807) is 0 Å². The number of hydrogen-bond acceptors (Lipinski definition) is 4. The molecule has 0 spiro atoms. The van der Waals surface area contributed by atoms with Crippen molar-refractivity contribution >= 4 is 29.8 Å². The molecular weight excluding hydrogens is 296 g/mol. The molecule has 0 aliphatic rings. The van der Waals surface area contributed by atoms with E-state index in [4.69, 9.17) is 0 Å². The van der Waals surface area contributed by atoms with E-state index in [0.29, 0.717) is 16.7 Å². The summed E-state index contributed by atoms with van der Waals surface area (Å²) in [7, 11) is 0. The van der Waals surface area contributed by atoms with Crippen molar-refractivity contribution in [3.63, 3.8) is 0 Å². The topological polar surface area (TPSA) is 70.7 Å². The second-order valence-electron chi connectivity index (χ2n) is 5.20. The Labute approximate surface area is 134 Å². The number of aryl methyl sites for hydroxylation is 1. The number of aromatic amines is 1. The number of hydrogen-bond donors (Lipinski definition) is 2. The van der Waals surface area contributed by atoms with Gasteiger partial charge in [0.2, 0.25) is 11.1 Å². The van der Waals surface area contributed by atoms with Gasteiger partial charge in [0.25, 0.3) is 0 Å². The van der Waals surface area contributed by atoms with Crippen molar-refractivity contribution in [2.45, 2.75) is 32.0 Å². The quantitative estimate of drug-likeness (QED) is 0.804. The molecule has 22 heavy (non-hydrogen) atoms. The van der Waals surface area contributed by atoms with Crippen LogP contribution in [-0.4, -0.2) is 32.9 Å². The maximum atomic E-state index is 11.6. The summed E-state index contributed by atoms with van der Waals surface area (Å²) >= 11 is 1.32. The molecule has 1 amide bonds. The summed E-state index contributed by atoms with van der Waals surface area (Å²) in [5.41, 5.74) is 2.35. The second-order valence-corrected chi connectivity index (χ2v) is 6.15. The lowest BCUT2D eigenvalue weighted by Gasteiger charge is -2.06. The van der Waals surface area contributed by atoms with Gasteiger partial charge in [0, 0.05) is 6.04 Å². The van der Waals surface area contributed by atoms with Gasteiger partial charge in [-0.25, -0.2) is 4.98 Å². The molecule has 2 N–H and O–H groups in total. The lowest BCUT2D eigenvalue weighted by atomic mass is 10.1. The molecule has 0 aliphatic carbocycles. The van der Waals surface area contributed by atoms with Crippen molar-refractivity contribution in [2.24, 2.45) is 0 Å². The van der Waals surface area contributed by atoms with E-state index in [-0.39, 0.29) is 11.9 Å². The maximum absolute atomic E-state index is 11.6. The molecule has 2 rings (SSSR count). The van der Waals surface area contributed by atoms with E-state index in [2.05, 4.69) is 33.5 Å². The van der Waals surface area contributed by atoms with Crippen molar-refractivity contribution in [1.82, 2.24) is 20.5 Å². The van der Waals surface area contributed by atoms with Crippen LogP contribution in [0, 0.1) is 6.92 Å². The van der Waals surface area contributed by atoms with Gasteiger partial charge in [0.1, 0.15) is 5.82 Å². The Morgan fingerprint density at radius 1 is 1.36 bits per heavy atom. The minimum atomic E-state index is -0.0122. The molecule has 0 saturated heterocycles. The molecule has 6 heteroatoms. The van der Waals surface area contributed by atoms with Crippen LogP contribution in [0.3, 0.4) is 0 Å². The van der Waals surface area contributed by atoms with Gasteiger partial charge in [-0.05, 0) is 38.0 Å². The molecule has 0 fully saturated rings. The van der Waals surface area contributed by atoms with Crippen LogP contribution >= 0.6 is 11.8 Å². The van der Waals surface area contributed by atoms with Crippen LogP contribution in [-0.2, 0) is 4.79 Å². The smallest absolute Gasteiger partial charge is 0.230 e. The summed E-state index contributed by atoms with van der Waals surface area (Å²) in [4.78, 5) is 15.9. The van der Waals surface area contributed by atoms with Gasteiger partial charge in [-0.2, -0.15) is 0 Å². The van der Waals surface area contributed by atoms with Gasteiger partial charge in [0.05, 0.1) is 5.75 Å². The monoisotopic (exact) mass is 316 g/mol. The average Bonchev–Trinajstić information content (AvgIpc) is 2.91. The zero-order valence-corrected chi connectivity index (χ0v) is 13.8. The summed E-state index contributed by atoms with van der Waals surface area (Å²) in [5.74, 6) is 0.980. The molecule has 0 saturated carbocycles. The fraction of sp³-hybridized carbons (Fsp3) is 0.312. The van der Waals surface area contributed by atoms with Gasteiger partial charge in [0.15, 0.2) is 0 Å². The van der Waals surface area contributed by atoms with E-state index in [1.807, 2.05) is 44.2 Å². The predicted molar refractivity (Wildman–Crippen MR) is 90.5 cm³/mol. The zero-order valence-electron chi connectivity index (χ0n) is 13.0. The van der Waals surface area contributed by atoms with Crippen molar-refractivity contribution in [3.05, 3.63) is 41.2 Å². The van der Waals surface area contributed by atoms with Crippen LogP contribution in [0.5, 0.6) is 0 Å². The first-order valence-electron chi connectivity index (χ1n) is 7.13. The van der Waals surface area contributed by atoms with E-state index < -0.39 is 0 Å². The van der Waals surface area contributed by atoms with E-state index in [9.17, 15) is 4.79 Å². The number of H-pyrrole nitrogens is 1. The van der Waals surface area contributed by atoms with Crippen molar-refractivity contribution in [2.75, 3.05) is 5.75 Å². The Balaban J connectivity index is 1.92. The van der Waals surface area contributed by atoms with E-state index >= 15 is 0 Å². The number of carbonyl (C=O) groups is 1. The molecule has 0 radical (unpaired) electrons. The van der Waals surface area contributed by atoms with Gasteiger partial charge < -0.3 is 5.32 Å². The molecule has 0 unspecified atom stereocenters. The number of aromatic nitrogens is 3. The Kier molecular flexibility index (Phi) is 5.77. The minimum absolute atomic E-state index is 0.0122. The fourth-order valence-electron chi connectivity index (χ4n) is 1.83. The van der Waals surface area contributed by atoms with Crippen LogP contribution in [0.2, 0.25) is 0 Å². The highest BCUT2D eigenvalue weighted by Crippen LogP contribution is 2.14. The molecule has 116 valence electrons. The molecule has 1 heterocycles. The van der Waals surface area contributed by atoms with Gasteiger partial charge in [-0.3, -0.25) is 9.89 Å². The first-order chi connectivity index (χ1) is 10.5. The largest absolute Gasteiger partial charge is 0.353 e. The fourth-order valence-corrected chi connectivity index (χ4v) is 2.45. The normalized spacial score (nSPS) is 11.3. The minimum Gasteiger partial charge on any atom is -0.353 e. The highest BCUT2D eigenvalue weighted by Gasteiger charge is 2.07. The molecule has 5 nitrogen and oxygen atoms in total. The number of amides is 1. The Bertz CT molecular complexity index is 664. The van der Waals surface area contributed by atoms with Crippen LogP contribution in [0.4, 0.5) is 0 Å². The third-order valence-corrected chi connectivity index (χ3v) is 3.72. The Morgan fingerprint density at radius 2 is 2.14 bits per heavy atom. The molecule has 0 aliphatic heterocycles. The second kappa shape index (κ2) is 7.79. The predicted octanol–water partition coefficient (Wildman–Crippen LogP) is 2.90. The highest BCUT2D eigenvalue weighted by molar-refractivity contribution is 7.99. The third-order valence-electron chi connectivity index (χ3n) is 2.87. The number of thioether (sulfide) groups is 1. The number of carbonyl (C=O) groups excluding carboxylic acids is 1. The number of nitrogens with zero attached hydrogens (tertiary/aromatic N) is 2. The Morgan fingerprint density at radius 3 is 2.86 bits per heavy atom. The number of rotatable bonds is 6. The maximum Gasteiger partial charge on any atom is 0.230 e. The van der Waals surface area contributed by atoms with Crippen molar-refractivity contribution in [1.29, 1.82) is 0 Å².